The first kappa shape index (κ1) is 12.1. The van der Waals surface area contributed by atoms with Crippen molar-refractivity contribution in [3.63, 3.8) is 0 Å². The highest BCUT2D eigenvalue weighted by molar-refractivity contribution is 6.03. The van der Waals surface area contributed by atoms with Crippen molar-refractivity contribution in [3.05, 3.63) is 60.8 Å². The molecule has 0 aliphatic heterocycles. The van der Waals surface area contributed by atoms with Gasteiger partial charge in [0.15, 0.2) is 0 Å². The highest BCUT2D eigenvalue weighted by Crippen LogP contribution is 2.29. The van der Waals surface area contributed by atoms with Gasteiger partial charge in [-0.15, -0.1) is 0 Å². The molecular weight excluding hydrogens is 258 g/mol. The van der Waals surface area contributed by atoms with E-state index in [9.17, 15) is 0 Å². The van der Waals surface area contributed by atoms with Crippen molar-refractivity contribution < 1.29 is 0 Å². The molecule has 0 bridgehead atoms. The largest absolute Gasteiger partial charge is 0.324 e. The molecule has 21 heavy (non-hydrogen) atoms. The lowest BCUT2D eigenvalue weighted by atomic mass is 10.2. The van der Waals surface area contributed by atoms with E-state index in [1.807, 2.05) is 36.5 Å². The van der Waals surface area contributed by atoms with Crippen molar-refractivity contribution in [1.29, 1.82) is 0 Å². The summed E-state index contributed by atoms with van der Waals surface area (Å²) in [5.41, 5.74) is 4.27. The Morgan fingerprint density at radius 1 is 0.905 bits per heavy atom. The summed E-state index contributed by atoms with van der Waals surface area (Å²) in [6.45, 7) is 3.04. The van der Waals surface area contributed by atoms with Crippen LogP contribution < -0.4 is 0 Å². The maximum absolute atomic E-state index is 4.80. The number of rotatable bonds is 2. The van der Waals surface area contributed by atoms with Crippen LogP contribution in [0.4, 0.5) is 0 Å². The molecule has 0 aliphatic carbocycles. The average Bonchev–Trinajstić information content (AvgIpc) is 2.94. The lowest BCUT2D eigenvalue weighted by Crippen LogP contribution is -1.98. The van der Waals surface area contributed by atoms with Crippen LogP contribution in [0.5, 0.6) is 0 Å². The number of hydrogen-bond acceptors (Lipinski definition) is 2. The van der Waals surface area contributed by atoms with Crippen LogP contribution >= 0.6 is 0 Å². The van der Waals surface area contributed by atoms with Crippen LogP contribution in [0.25, 0.3) is 33.3 Å². The van der Waals surface area contributed by atoms with Gasteiger partial charge in [0.25, 0.3) is 0 Å². The number of hydrogen-bond donors (Lipinski definition) is 0. The zero-order valence-corrected chi connectivity index (χ0v) is 11.8. The molecule has 0 aliphatic rings. The van der Waals surface area contributed by atoms with Crippen molar-refractivity contribution in [1.82, 2.24) is 14.5 Å². The molecule has 3 heteroatoms. The van der Waals surface area contributed by atoms with Gasteiger partial charge in [0.1, 0.15) is 11.3 Å². The minimum absolute atomic E-state index is 0.884. The Morgan fingerprint density at radius 3 is 2.48 bits per heavy atom. The number of aromatic nitrogens is 3. The molecule has 2 aromatic heterocycles. The Balaban J connectivity index is 2.13. The van der Waals surface area contributed by atoms with Gasteiger partial charge >= 0.3 is 0 Å². The van der Waals surface area contributed by atoms with E-state index in [0.29, 0.717) is 0 Å². The third-order valence-electron chi connectivity index (χ3n) is 3.83. The molecule has 0 spiro atoms. The van der Waals surface area contributed by atoms with Crippen molar-refractivity contribution in [2.45, 2.75) is 13.5 Å². The van der Waals surface area contributed by atoms with Gasteiger partial charge in [-0.05, 0) is 13.0 Å². The zero-order valence-electron chi connectivity index (χ0n) is 11.8. The maximum atomic E-state index is 4.80. The maximum Gasteiger partial charge on any atom is 0.141 e. The molecular formula is C18H15N3. The van der Waals surface area contributed by atoms with E-state index in [0.717, 1.165) is 34.4 Å². The lowest BCUT2D eigenvalue weighted by molar-refractivity contribution is 0.798. The number of aryl methyl sites for hydroxylation is 1. The second-order valence-electron chi connectivity index (χ2n) is 5.05. The third kappa shape index (κ3) is 1.82. The molecule has 0 saturated heterocycles. The van der Waals surface area contributed by atoms with Gasteiger partial charge in [0.05, 0.1) is 17.2 Å². The average molecular weight is 273 g/mol. The zero-order chi connectivity index (χ0) is 14.2. The minimum Gasteiger partial charge on any atom is -0.324 e. The first-order valence-electron chi connectivity index (χ1n) is 7.18. The number of imidazole rings is 1. The van der Waals surface area contributed by atoms with E-state index in [2.05, 4.69) is 40.7 Å². The Bertz CT molecular complexity index is 923. The second kappa shape index (κ2) is 4.70. The molecule has 0 radical (unpaired) electrons. The van der Waals surface area contributed by atoms with Gasteiger partial charge < -0.3 is 4.57 Å². The predicted molar refractivity (Wildman–Crippen MR) is 86.1 cm³/mol. The molecule has 102 valence electrons. The van der Waals surface area contributed by atoms with E-state index in [4.69, 9.17) is 4.98 Å². The van der Waals surface area contributed by atoms with Crippen LogP contribution in [-0.2, 0) is 6.54 Å². The first-order chi connectivity index (χ1) is 10.4. The predicted octanol–water partition coefficient (Wildman–Crippen LogP) is 4.27. The Morgan fingerprint density at radius 2 is 1.67 bits per heavy atom. The summed E-state index contributed by atoms with van der Waals surface area (Å²) in [4.78, 5) is 9.32. The first-order valence-corrected chi connectivity index (χ1v) is 7.18. The van der Waals surface area contributed by atoms with Gasteiger partial charge in [0, 0.05) is 17.5 Å². The second-order valence-corrected chi connectivity index (χ2v) is 5.05. The van der Waals surface area contributed by atoms with E-state index >= 15 is 0 Å². The van der Waals surface area contributed by atoms with Crippen LogP contribution in [0.2, 0.25) is 0 Å². The van der Waals surface area contributed by atoms with E-state index < -0.39 is 0 Å². The Labute approximate surface area is 122 Å². The van der Waals surface area contributed by atoms with Gasteiger partial charge in [-0.2, -0.15) is 0 Å². The van der Waals surface area contributed by atoms with Crippen LogP contribution in [0.15, 0.2) is 60.8 Å². The molecule has 0 fully saturated rings. The van der Waals surface area contributed by atoms with Crippen LogP contribution in [0, 0.1) is 0 Å². The Hall–Kier alpha value is -2.68. The SMILES string of the molecule is CCn1c(-c2ccccc2)nc2cnc3ccccc3c21. The van der Waals surface area contributed by atoms with Gasteiger partial charge in [-0.3, -0.25) is 4.98 Å². The molecule has 0 N–H and O–H groups in total. The summed E-state index contributed by atoms with van der Waals surface area (Å²) >= 11 is 0. The van der Waals surface area contributed by atoms with Crippen molar-refractivity contribution >= 4 is 21.9 Å². The summed E-state index contributed by atoms with van der Waals surface area (Å²) in [7, 11) is 0. The molecule has 2 heterocycles. The fraction of sp³-hybridized carbons (Fsp3) is 0.111. The fourth-order valence-electron chi connectivity index (χ4n) is 2.88. The highest BCUT2D eigenvalue weighted by Gasteiger charge is 2.14. The molecule has 0 atom stereocenters. The normalized spacial score (nSPS) is 11.3. The summed E-state index contributed by atoms with van der Waals surface area (Å²) in [5.74, 6) is 1.01. The molecule has 3 nitrogen and oxygen atoms in total. The summed E-state index contributed by atoms with van der Waals surface area (Å²) < 4.78 is 2.27. The summed E-state index contributed by atoms with van der Waals surface area (Å²) in [5, 5.41) is 1.16. The summed E-state index contributed by atoms with van der Waals surface area (Å²) in [6.07, 6.45) is 1.87. The number of para-hydroxylation sites is 1. The molecule has 0 unspecified atom stereocenters. The van der Waals surface area contributed by atoms with E-state index in [-0.39, 0.29) is 0 Å². The van der Waals surface area contributed by atoms with Gasteiger partial charge in [-0.25, -0.2) is 4.98 Å². The van der Waals surface area contributed by atoms with Crippen LogP contribution in [-0.4, -0.2) is 14.5 Å². The quantitative estimate of drug-likeness (QED) is 0.546. The number of benzene rings is 2. The minimum atomic E-state index is 0.884. The molecule has 4 aromatic rings. The third-order valence-corrected chi connectivity index (χ3v) is 3.83. The van der Waals surface area contributed by atoms with Gasteiger partial charge in [0.2, 0.25) is 0 Å². The fourth-order valence-corrected chi connectivity index (χ4v) is 2.88. The number of pyridine rings is 1. The van der Waals surface area contributed by atoms with Crippen LogP contribution in [0.3, 0.4) is 0 Å². The van der Waals surface area contributed by atoms with Crippen LogP contribution in [0.1, 0.15) is 6.92 Å². The molecule has 0 saturated carbocycles. The van der Waals surface area contributed by atoms with E-state index in [1.54, 1.807) is 0 Å². The van der Waals surface area contributed by atoms with Crippen molar-refractivity contribution in [2.75, 3.05) is 0 Å². The smallest absolute Gasteiger partial charge is 0.141 e. The molecule has 0 amide bonds. The highest BCUT2D eigenvalue weighted by atomic mass is 15.1. The summed E-state index contributed by atoms with van der Waals surface area (Å²) in [6, 6.07) is 18.6. The van der Waals surface area contributed by atoms with Crippen molar-refractivity contribution in [3.8, 4) is 11.4 Å². The standard InChI is InChI=1S/C18H15N3/c1-2-21-17-14-10-6-7-11-15(14)19-12-16(17)20-18(21)13-8-4-3-5-9-13/h3-12H,2H2,1H3. The molecule has 2 aromatic carbocycles. The monoisotopic (exact) mass is 273 g/mol. The topological polar surface area (TPSA) is 30.7 Å². The van der Waals surface area contributed by atoms with E-state index in [1.165, 1.54) is 5.52 Å². The Kier molecular flexibility index (Phi) is 2.71. The van der Waals surface area contributed by atoms with Crippen molar-refractivity contribution in [2.24, 2.45) is 0 Å². The number of nitrogens with zero attached hydrogens (tertiary/aromatic N) is 3. The lowest BCUT2D eigenvalue weighted by Gasteiger charge is -2.07. The molecule has 4 rings (SSSR count). The number of fused-ring (bicyclic) bond motifs is 3. The van der Waals surface area contributed by atoms with Gasteiger partial charge in [-0.1, -0.05) is 48.5 Å².